The van der Waals surface area contributed by atoms with Crippen molar-refractivity contribution in [2.45, 2.75) is 45.2 Å². The Bertz CT molecular complexity index is 221. The van der Waals surface area contributed by atoms with Crippen molar-refractivity contribution in [3.63, 3.8) is 0 Å². The molecule has 82 valence electrons. The molecule has 1 atom stereocenters. The van der Waals surface area contributed by atoms with Gasteiger partial charge in [0.1, 0.15) is 6.04 Å². The molecule has 0 aromatic carbocycles. The summed E-state index contributed by atoms with van der Waals surface area (Å²) in [5, 5.41) is 2.48. The molecule has 0 bridgehead atoms. The van der Waals surface area contributed by atoms with Crippen LogP contribution in [0, 0.1) is 0 Å². The molecule has 0 heterocycles. The van der Waals surface area contributed by atoms with Crippen LogP contribution in [0.3, 0.4) is 0 Å². The number of carbonyl (C=O) groups excluding carboxylic acids is 2. The molecule has 0 aliphatic heterocycles. The Morgan fingerprint density at radius 2 is 1.93 bits per heavy atom. The van der Waals surface area contributed by atoms with E-state index < -0.39 is 11.9 Å². The molecule has 0 aliphatic rings. The monoisotopic (exact) mass is 201 g/mol. The van der Waals surface area contributed by atoms with Gasteiger partial charge in [0, 0.05) is 12.0 Å². The van der Waals surface area contributed by atoms with Crippen LogP contribution < -0.4 is 16.8 Å². The summed E-state index contributed by atoms with van der Waals surface area (Å²) in [5.74, 6) is -0.736. The van der Waals surface area contributed by atoms with Crippen LogP contribution in [0.2, 0.25) is 0 Å². The van der Waals surface area contributed by atoms with Gasteiger partial charge in [-0.25, -0.2) is 0 Å². The highest BCUT2D eigenvalue weighted by Crippen LogP contribution is 2.06. The van der Waals surface area contributed by atoms with Gasteiger partial charge in [-0.2, -0.15) is 0 Å². The molecule has 0 rings (SSSR count). The van der Waals surface area contributed by atoms with E-state index >= 15 is 0 Å². The number of amides is 2. The van der Waals surface area contributed by atoms with Crippen molar-refractivity contribution in [2.75, 3.05) is 0 Å². The standard InChI is InChI=1S/C9H19N3O2/c1-6(8(10)14)12-7(13)4-5-9(2,3)11/h6H,4-5,11H2,1-3H3,(H2,10,14)(H,12,13). The minimum absolute atomic E-state index is 0.199. The van der Waals surface area contributed by atoms with Gasteiger partial charge in [-0.3, -0.25) is 9.59 Å². The third kappa shape index (κ3) is 6.42. The normalized spacial score (nSPS) is 13.4. The third-order valence-corrected chi connectivity index (χ3v) is 1.80. The number of hydrogen-bond acceptors (Lipinski definition) is 3. The van der Waals surface area contributed by atoms with Crippen LogP contribution in [0.1, 0.15) is 33.6 Å². The van der Waals surface area contributed by atoms with Crippen LogP contribution >= 0.6 is 0 Å². The fourth-order valence-electron chi connectivity index (χ4n) is 0.820. The molecule has 5 nitrogen and oxygen atoms in total. The maximum Gasteiger partial charge on any atom is 0.239 e. The van der Waals surface area contributed by atoms with Crippen LogP contribution in [0.5, 0.6) is 0 Å². The molecule has 5 N–H and O–H groups in total. The summed E-state index contributed by atoms with van der Waals surface area (Å²) in [6.45, 7) is 5.24. The van der Waals surface area contributed by atoms with Crippen molar-refractivity contribution >= 4 is 11.8 Å². The number of carbonyl (C=O) groups is 2. The molecule has 0 spiro atoms. The first kappa shape index (κ1) is 12.9. The van der Waals surface area contributed by atoms with Gasteiger partial charge in [0.15, 0.2) is 0 Å². The predicted molar refractivity (Wildman–Crippen MR) is 54.3 cm³/mol. The molecule has 0 fully saturated rings. The second-order valence-corrected chi connectivity index (χ2v) is 4.18. The maximum atomic E-state index is 11.2. The van der Waals surface area contributed by atoms with E-state index in [2.05, 4.69) is 5.32 Å². The Labute approximate surface area is 84.2 Å². The summed E-state index contributed by atoms with van der Waals surface area (Å²) in [6.07, 6.45) is 0.880. The molecule has 2 amide bonds. The van der Waals surface area contributed by atoms with E-state index in [9.17, 15) is 9.59 Å². The topological polar surface area (TPSA) is 98.2 Å². The Kier molecular flexibility index (Phi) is 4.56. The van der Waals surface area contributed by atoms with Crippen molar-refractivity contribution in [1.82, 2.24) is 5.32 Å². The summed E-state index contributed by atoms with van der Waals surface area (Å²) >= 11 is 0. The van der Waals surface area contributed by atoms with Gasteiger partial charge in [-0.1, -0.05) is 0 Å². The van der Waals surface area contributed by atoms with Crippen LogP contribution in [0.4, 0.5) is 0 Å². The fraction of sp³-hybridized carbons (Fsp3) is 0.778. The Balaban J connectivity index is 3.83. The molecule has 0 saturated carbocycles. The van der Waals surface area contributed by atoms with Crippen molar-refractivity contribution in [3.8, 4) is 0 Å². The van der Waals surface area contributed by atoms with E-state index in [4.69, 9.17) is 11.5 Å². The van der Waals surface area contributed by atoms with E-state index in [0.717, 1.165) is 0 Å². The predicted octanol–water partition coefficient (Wildman–Crippen LogP) is -0.506. The Morgan fingerprint density at radius 3 is 2.29 bits per heavy atom. The summed E-state index contributed by atoms with van der Waals surface area (Å²) < 4.78 is 0. The van der Waals surface area contributed by atoms with E-state index in [1.165, 1.54) is 0 Å². The Hall–Kier alpha value is -1.10. The quantitative estimate of drug-likeness (QED) is 0.559. The van der Waals surface area contributed by atoms with Crippen LogP contribution in [0.15, 0.2) is 0 Å². The molecular weight excluding hydrogens is 182 g/mol. The van der Waals surface area contributed by atoms with Crippen molar-refractivity contribution in [1.29, 1.82) is 0 Å². The number of hydrogen-bond donors (Lipinski definition) is 3. The highest BCUT2D eigenvalue weighted by molar-refractivity contribution is 5.86. The lowest BCUT2D eigenvalue weighted by atomic mass is 10.00. The zero-order chi connectivity index (χ0) is 11.4. The van der Waals surface area contributed by atoms with Crippen LogP contribution in [-0.4, -0.2) is 23.4 Å². The molecule has 5 heteroatoms. The van der Waals surface area contributed by atoms with E-state index in [-0.39, 0.29) is 11.4 Å². The van der Waals surface area contributed by atoms with Gasteiger partial charge in [-0.15, -0.1) is 0 Å². The van der Waals surface area contributed by atoms with Crippen LogP contribution in [0.25, 0.3) is 0 Å². The van der Waals surface area contributed by atoms with Gasteiger partial charge < -0.3 is 16.8 Å². The van der Waals surface area contributed by atoms with Gasteiger partial charge in [0.05, 0.1) is 0 Å². The molecule has 0 aliphatic carbocycles. The second-order valence-electron chi connectivity index (χ2n) is 4.18. The zero-order valence-corrected chi connectivity index (χ0v) is 8.96. The summed E-state index contributed by atoms with van der Waals surface area (Å²) in [5.41, 5.74) is 10.3. The fourth-order valence-corrected chi connectivity index (χ4v) is 0.820. The van der Waals surface area contributed by atoms with Gasteiger partial charge >= 0.3 is 0 Å². The third-order valence-electron chi connectivity index (χ3n) is 1.80. The minimum Gasteiger partial charge on any atom is -0.368 e. The van der Waals surface area contributed by atoms with Gasteiger partial charge in [0.2, 0.25) is 11.8 Å². The number of nitrogens with one attached hydrogen (secondary N) is 1. The summed E-state index contributed by atoms with van der Waals surface area (Å²) in [7, 11) is 0. The van der Waals surface area contributed by atoms with E-state index in [1.54, 1.807) is 6.92 Å². The Morgan fingerprint density at radius 1 is 1.43 bits per heavy atom. The van der Waals surface area contributed by atoms with E-state index in [1.807, 2.05) is 13.8 Å². The first-order valence-corrected chi connectivity index (χ1v) is 4.60. The van der Waals surface area contributed by atoms with E-state index in [0.29, 0.717) is 12.8 Å². The summed E-state index contributed by atoms with van der Waals surface area (Å²) in [6, 6.07) is -0.622. The molecule has 0 radical (unpaired) electrons. The highest BCUT2D eigenvalue weighted by Gasteiger charge is 2.16. The lowest BCUT2D eigenvalue weighted by molar-refractivity contribution is -0.127. The molecule has 0 saturated heterocycles. The number of primary amides is 1. The van der Waals surface area contributed by atoms with Gasteiger partial charge in [0.25, 0.3) is 0 Å². The zero-order valence-electron chi connectivity index (χ0n) is 8.96. The molecule has 0 aromatic heterocycles. The highest BCUT2D eigenvalue weighted by atomic mass is 16.2. The molecular formula is C9H19N3O2. The van der Waals surface area contributed by atoms with Crippen molar-refractivity contribution in [2.24, 2.45) is 11.5 Å². The minimum atomic E-state index is -0.622. The summed E-state index contributed by atoms with van der Waals surface area (Å²) in [4.78, 5) is 21.8. The van der Waals surface area contributed by atoms with Crippen molar-refractivity contribution in [3.05, 3.63) is 0 Å². The first-order valence-electron chi connectivity index (χ1n) is 4.60. The average molecular weight is 201 g/mol. The number of nitrogens with two attached hydrogens (primary N) is 2. The average Bonchev–Trinajstić information content (AvgIpc) is 1.99. The SMILES string of the molecule is CC(NC(=O)CCC(C)(C)N)C(N)=O. The van der Waals surface area contributed by atoms with Gasteiger partial charge in [-0.05, 0) is 27.2 Å². The van der Waals surface area contributed by atoms with Crippen LogP contribution in [-0.2, 0) is 9.59 Å². The second kappa shape index (κ2) is 4.95. The molecule has 0 aromatic rings. The first-order chi connectivity index (χ1) is 6.22. The lowest BCUT2D eigenvalue weighted by Gasteiger charge is -2.18. The largest absolute Gasteiger partial charge is 0.368 e. The van der Waals surface area contributed by atoms with Crippen molar-refractivity contribution < 1.29 is 9.59 Å². The lowest BCUT2D eigenvalue weighted by Crippen LogP contribution is -2.43. The smallest absolute Gasteiger partial charge is 0.239 e. The molecule has 14 heavy (non-hydrogen) atoms. The number of rotatable bonds is 5. The maximum absolute atomic E-state index is 11.2. The molecule has 1 unspecified atom stereocenters.